The minimum Gasteiger partial charge on any atom is -0.275 e. The van der Waals surface area contributed by atoms with E-state index in [9.17, 15) is 26.0 Å². The molecule has 1 N–H and O–H groups in total. The highest BCUT2D eigenvalue weighted by Gasteiger charge is 2.46. The minimum atomic E-state index is -5.51. The van der Waals surface area contributed by atoms with E-state index in [0.717, 1.165) is 0 Å². The molecule has 0 unspecified atom stereocenters. The molecule has 122 valence electrons. The van der Waals surface area contributed by atoms with Crippen LogP contribution in [0.25, 0.3) is 12.2 Å². The van der Waals surface area contributed by atoms with Crippen molar-refractivity contribution in [1.29, 1.82) is 0 Å². The van der Waals surface area contributed by atoms with Crippen LogP contribution in [0.15, 0.2) is 48.5 Å². The van der Waals surface area contributed by atoms with Crippen molar-refractivity contribution in [3.05, 3.63) is 65.5 Å². The van der Waals surface area contributed by atoms with Crippen LogP contribution in [-0.4, -0.2) is 13.9 Å². The number of halogens is 4. The quantitative estimate of drug-likeness (QED) is 0.665. The average Bonchev–Trinajstić information content (AvgIpc) is 2.45. The number of sulfonamides is 1. The van der Waals surface area contributed by atoms with Crippen molar-refractivity contribution in [3.8, 4) is 0 Å². The van der Waals surface area contributed by atoms with E-state index in [0.29, 0.717) is 5.56 Å². The standard InChI is InChI=1S/C15H11F4NO2S/c16-13-6-3-4-11(10-13)8-9-12-5-1-2-7-14(12)20-23(21,22)15(17,18)19/h1-10,20H/b9-8+. The van der Waals surface area contributed by atoms with Crippen LogP contribution in [-0.2, 0) is 10.0 Å². The maximum absolute atomic E-state index is 13.1. The van der Waals surface area contributed by atoms with Gasteiger partial charge in [0, 0.05) is 0 Å². The van der Waals surface area contributed by atoms with E-state index in [2.05, 4.69) is 0 Å². The first kappa shape index (κ1) is 17.0. The number of hydrogen-bond donors (Lipinski definition) is 1. The Kier molecular flexibility index (Phi) is 4.74. The lowest BCUT2D eigenvalue weighted by Crippen LogP contribution is -2.30. The second-order valence-corrected chi connectivity index (χ2v) is 6.20. The Hall–Kier alpha value is -2.35. The minimum absolute atomic E-state index is 0.213. The molecule has 0 aromatic heterocycles. The molecule has 0 aliphatic heterocycles. The van der Waals surface area contributed by atoms with Gasteiger partial charge in [0.25, 0.3) is 0 Å². The Morgan fingerprint density at radius 1 is 0.957 bits per heavy atom. The van der Waals surface area contributed by atoms with Crippen LogP contribution in [0.2, 0.25) is 0 Å². The van der Waals surface area contributed by atoms with Gasteiger partial charge in [-0.1, -0.05) is 42.5 Å². The van der Waals surface area contributed by atoms with Gasteiger partial charge in [0.05, 0.1) is 5.69 Å². The van der Waals surface area contributed by atoms with Crippen LogP contribution in [0.4, 0.5) is 23.2 Å². The van der Waals surface area contributed by atoms with Crippen molar-refractivity contribution in [2.45, 2.75) is 5.51 Å². The van der Waals surface area contributed by atoms with Crippen molar-refractivity contribution < 1.29 is 26.0 Å². The molecular formula is C15H11F4NO2S. The molecule has 0 saturated carbocycles. The monoisotopic (exact) mass is 345 g/mol. The fraction of sp³-hybridized carbons (Fsp3) is 0.0667. The predicted octanol–water partition coefficient (Wildman–Crippen LogP) is 4.26. The van der Waals surface area contributed by atoms with Gasteiger partial charge in [-0.15, -0.1) is 0 Å². The number of benzene rings is 2. The lowest BCUT2D eigenvalue weighted by Gasteiger charge is -2.12. The molecule has 2 aromatic carbocycles. The zero-order valence-electron chi connectivity index (χ0n) is 11.5. The predicted molar refractivity (Wildman–Crippen MR) is 80.4 cm³/mol. The summed E-state index contributed by atoms with van der Waals surface area (Å²) in [6.07, 6.45) is 2.85. The highest BCUT2D eigenvalue weighted by molar-refractivity contribution is 7.93. The maximum Gasteiger partial charge on any atom is 0.516 e. The third kappa shape index (κ3) is 4.32. The molecule has 2 aromatic rings. The summed E-state index contributed by atoms with van der Waals surface area (Å²) in [5, 5.41) is 0. The summed E-state index contributed by atoms with van der Waals surface area (Å²) in [6.45, 7) is 0. The van der Waals surface area contributed by atoms with Crippen molar-refractivity contribution in [2.75, 3.05) is 4.72 Å². The van der Waals surface area contributed by atoms with Crippen LogP contribution < -0.4 is 4.72 Å². The van der Waals surface area contributed by atoms with Gasteiger partial charge in [0.1, 0.15) is 5.82 Å². The van der Waals surface area contributed by atoms with Crippen LogP contribution in [0.3, 0.4) is 0 Å². The summed E-state index contributed by atoms with van der Waals surface area (Å²) < 4.78 is 74.2. The number of alkyl halides is 3. The summed E-state index contributed by atoms with van der Waals surface area (Å²) in [7, 11) is -5.51. The molecule has 23 heavy (non-hydrogen) atoms. The number of rotatable bonds is 4. The second-order valence-electron chi connectivity index (χ2n) is 4.53. The normalized spacial score (nSPS) is 12.5. The van der Waals surface area contributed by atoms with Crippen LogP contribution >= 0.6 is 0 Å². The molecule has 0 heterocycles. The number of para-hydroxylation sites is 1. The number of anilines is 1. The van der Waals surface area contributed by atoms with E-state index in [1.165, 1.54) is 59.3 Å². The van der Waals surface area contributed by atoms with Gasteiger partial charge >= 0.3 is 15.5 Å². The third-order valence-corrected chi connectivity index (χ3v) is 3.91. The van der Waals surface area contributed by atoms with E-state index in [4.69, 9.17) is 0 Å². The molecule has 0 spiro atoms. The molecule has 0 saturated heterocycles. The van der Waals surface area contributed by atoms with E-state index < -0.39 is 21.3 Å². The third-order valence-electron chi connectivity index (χ3n) is 2.81. The first-order chi connectivity index (χ1) is 10.7. The lowest BCUT2D eigenvalue weighted by molar-refractivity contribution is -0.0429. The van der Waals surface area contributed by atoms with E-state index in [1.54, 1.807) is 6.07 Å². The van der Waals surface area contributed by atoms with Crippen LogP contribution in [0.1, 0.15) is 11.1 Å². The Morgan fingerprint density at radius 2 is 1.65 bits per heavy atom. The largest absolute Gasteiger partial charge is 0.516 e. The summed E-state index contributed by atoms with van der Waals surface area (Å²) in [5.74, 6) is -0.460. The van der Waals surface area contributed by atoms with Crippen molar-refractivity contribution in [3.63, 3.8) is 0 Å². The zero-order valence-corrected chi connectivity index (χ0v) is 12.3. The van der Waals surface area contributed by atoms with Crippen molar-refractivity contribution in [2.24, 2.45) is 0 Å². The van der Waals surface area contributed by atoms with E-state index >= 15 is 0 Å². The molecule has 0 aliphatic carbocycles. The van der Waals surface area contributed by atoms with Crippen LogP contribution in [0, 0.1) is 5.82 Å². The van der Waals surface area contributed by atoms with Gasteiger partial charge in [-0.05, 0) is 29.3 Å². The van der Waals surface area contributed by atoms with Crippen molar-refractivity contribution >= 4 is 27.9 Å². The molecule has 8 heteroatoms. The maximum atomic E-state index is 13.1. The molecule has 0 amide bonds. The molecule has 0 aliphatic rings. The molecule has 2 rings (SSSR count). The van der Waals surface area contributed by atoms with Gasteiger partial charge in [-0.25, -0.2) is 4.39 Å². The fourth-order valence-electron chi connectivity index (χ4n) is 1.73. The molecule has 0 fully saturated rings. The van der Waals surface area contributed by atoms with E-state index in [-0.39, 0.29) is 11.3 Å². The summed E-state index contributed by atoms with van der Waals surface area (Å²) in [5.41, 5.74) is -4.94. The van der Waals surface area contributed by atoms with Gasteiger partial charge in [0.2, 0.25) is 0 Å². The van der Waals surface area contributed by atoms with Gasteiger partial charge in [-0.2, -0.15) is 21.6 Å². The smallest absolute Gasteiger partial charge is 0.275 e. The number of hydrogen-bond acceptors (Lipinski definition) is 2. The molecule has 0 radical (unpaired) electrons. The Morgan fingerprint density at radius 3 is 2.30 bits per heavy atom. The average molecular weight is 345 g/mol. The first-order valence-corrected chi connectivity index (χ1v) is 7.79. The van der Waals surface area contributed by atoms with Gasteiger partial charge < -0.3 is 0 Å². The SMILES string of the molecule is O=S(=O)(Nc1ccccc1/C=C/c1cccc(F)c1)C(F)(F)F. The van der Waals surface area contributed by atoms with Crippen molar-refractivity contribution in [1.82, 2.24) is 0 Å². The van der Waals surface area contributed by atoms with Gasteiger partial charge in [0.15, 0.2) is 0 Å². The second kappa shape index (κ2) is 6.41. The summed E-state index contributed by atoms with van der Waals surface area (Å²) in [4.78, 5) is 0. The zero-order chi connectivity index (χ0) is 17.1. The fourth-order valence-corrected chi connectivity index (χ4v) is 2.33. The van der Waals surface area contributed by atoms with Crippen LogP contribution in [0.5, 0.6) is 0 Å². The Bertz CT molecular complexity index is 829. The Balaban J connectivity index is 2.32. The molecule has 3 nitrogen and oxygen atoms in total. The lowest BCUT2D eigenvalue weighted by atomic mass is 10.1. The Labute approximate surface area is 130 Å². The molecule has 0 atom stereocenters. The molecular weight excluding hydrogens is 334 g/mol. The first-order valence-electron chi connectivity index (χ1n) is 6.31. The summed E-state index contributed by atoms with van der Waals surface area (Å²) >= 11 is 0. The van der Waals surface area contributed by atoms with E-state index in [1.807, 2.05) is 0 Å². The topological polar surface area (TPSA) is 46.2 Å². The highest BCUT2D eigenvalue weighted by Crippen LogP contribution is 2.27. The summed E-state index contributed by atoms with van der Waals surface area (Å²) in [6, 6.07) is 11.1. The highest BCUT2D eigenvalue weighted by atomic mass is 32.2. The number of nitrogens with one attached hydrogen (secondary N) is 1. The van der Waals surface area contributed by atoms with Gasteiger partial charge in [-0.3, -0.25) is 4.72 Å². The molecule has 0 bridgehead atoms.